The molecule has 2 heterocycles. The Labute approximate surface area is 218 Å². The first-order chi connectivity index (χ1) is 18.7. The summed E-state index contributed by atoms with van der Waals surface area (Å²) in [5.41, 5.74) is 5.07. The Kier molecular flexibility index (Phi) is 5.89. The molecule has 0 aliphatic carbocycles. The van der Waals surface area contributed by atoms with Gasteiger partial charge in [0.25, 0.3) is 5.56 Å². The molecule has 6 aromatic rings. The van der Waals surface area contributed by atoms with Crippen molar-refractivity contribution in [2.75, 3.05) is 0 Å². The van der Waals surface area contributed by atoms with Crippen LogP contribution in [-0.2, 0) is 0 Å². The third kappa shape index (κ3) is 4.38. The van der Waals surface area contributed by atoms with Gasteiger partial charge in [-0.1, -0.05) is 72.0 Å². The van der Waals surface area contributed by atoms with Crippen molar-refractivity contribution in [3.63, 3.8) is 0 Å². The first-order valence-electron chi connectivity index (χ1n) is 12.0. The summed E-state index contributed by atoms with van der Waals surface area (Å²) in [5.74, 6) is 0.485. The first-order valence-corrected chi connectivity index (χ1v) is 12.0. The molecule has 0 radical (unpaired) electrons. The van der Waals surface area contributed by atoms with Crippen LogP contribution >= 0.6 is 0 Å². The number of hydrogen-bond acceptors (Lipinski definition) is 5. The summed E-state index contributed by atoms with van der Waals surface area (Å²) in [6, 6.07) is 34.1. The molecule has 7 heteroatoms. The fourth-order valence-electron chi connectivity index (χ4n) is 4.26. The maximum absolute atomic E-state index is 13.7. The highest BCUT2D eigenvalue weighted by Gasteiger charge is 2.13. The average molecular weight is 493 g/mol. The number of para-hydroxylation sites is 1. The Morgan fingerprint density at radius 1 is 0.789 bits per heavy atom. The summed E-state index contributed by atoms with van der Waals surface area (Å²) in [6.07, 6.45) is 5.55. The van der Waals surface area contributed by atoms with Gasteiger partial charge in [-0.15, -0.1) is 5.10 Å². The second kappa shape index (κ2) is 9.80. The van der Waals surface area contributed by atoms with Gasteiger partial charge in [-0.3, -0.25) is 9.36 Å². The van der Waals surface area contributed by atoms with Crippen molar-refractivity contribution in [1.82, 2.24) is 24.5 Å². The fraction of sp³-hybridized carbons (Fsp3) is 0. The van der Waals surface area contributed by atoms with E-state index < -0.39 is 0 Å². The van der Waals surface area contributed by atoms with Gasteiger partial charge >= 0.3 is 0 Å². The third-order valence-corrected chi connectivity index (χ3v) is 6.18. The SMILES string of the molecule is N#Cc1ccc(/C=C/c2nc3ccccc3c(=O)n2-c2cccc(-n3cc(-c4ccccc4)nn3)c2)cc1. The number of nitrogens with zero attached hydrogens (tertiary/aromatic N) is 6. The highest BCUT2D eigenvalue weighted by atomic mass is 16.1. The predicted molar refractivity (Wildman–Crippen MR) is 148 cm³/mol. The second-order valence-electron chi connectivity index (χ2n) is 8.63. The molecule has 7 nitrogen and oxygen atoms in total. The number of benzene rings is 4. The van der Waals surface area contributed by atoms with E-state index in [0.717, 1.165) is 22.5 Å². The lowest BCUT2D eigenvalue weighted by Crippen LogP contribution is -2.22. The Morgan fingerprint density at radius 2 is 1.55 bits per heavy atom. The van der Waals surface area contributed by atoms with Crippen molar-refractivity contribution in [3.8, 4) is 28.7 Å². The average Bonchev–Trinajstić information content (AvgIpc) is 3.48. The van der Waals surface area contributed by atoms with E-state index in [0.29, 0.717) is 28.0 Å². The van der Waals surface area contributed by atoms with Crippen LogP contribution in [0.25, 0.3) is 45.7 Å². The lowest BCUT2D eigenvalue weighted by atomic mass is 10.1. The highest BCUT2D eigenvalue weighted by Crippen LogP contribution is 2.20. The van der Waals surface area contributed by atoms with Gasteiger partial charge in [-0.25, -0.2) is 9.67 Å². The quantitative estimate of drug-likeness (QED) is 0.309. The zero-order valence-corrected chi connectivity index (χ0v) is 20.1. The number of aromatic nitrogens is 5. The number of hydrogen-bond donors (Lipinski definition) is 0. The van der Waals surface area contributed by atoms with Crippen LogP contribution in [0.5, 0.6) is 0 Å². The summed E-state index contributed by atoms with van der Waals surface area (Å²) < 4.78 is 3.29. The van der Waals surface area contributed by atoms with E-state index in [1.165, 1.54) is 0 Å². The van der Waals surface area contributed by atoms with Gasteiger partial charge in [0.2, 0.25) is 0 Å². The molecule has 4 aromatic carbocycles. The van der Waals surface area contributed by atoms with Crippen LogP contribution in [0, 0.1) is 11.3 Å². The zero-order valence-electron chi connectivity index (χ0n) is 20.1. The van der Waals surface area contributed by atoms with Crippen molar-refractivity contribution in [3.05, 3.63) is 137 Å². The minimum atomic E-state index is -0.171. The lowest BCUT2D eigenvalue weighted by Gasteiger charge is -2.12. The lowest BCUT2D eigenvalue weighted by molar-refractivity contribution is 0.801. The summed E-state index contributed by atoms with van der Waals surface area (Å²) in [4.78, 5) is 18.5. The highest BCUT2D eigenvalue weighted by molar-refractivity contribution is 5.80. The van der Waals surface area contributed by atoms with Crippen LogP contribution in [0.2, 0.25) is 0 Å². The van der Waals surface area contributed by atoms with Crippen LogP contribution in [0.3, 0.4) is 0 Å². The van der Waals surface area contributed by atoms with E-state index in [4.69, 9.17) is 10.2 Å². The van der Waals surface area contributed by atoms with E-state index in [9.17, 15) is 4.79 Å². The Hall–Kier alpha value is -5.61. The van der Waals surface area contributed by atoms with Crippen LogP contribution in [0.4, 0.5) is 0 Å². The van der Waals surface area contributed by atoms with E-state index in [-0.39, 0.29) is 5.56 Å². The molecular weight excluding hydrogens is 472 g/mol. The molecular formula is C31H20N6O. The van der Waals surface area contributed by atoms with Crippen molar-refractivity contribution in [2.24, 2.45) is 0 Å². The van der Waals surface area contributed by atoms with Gasteiger partial charge in [0.15, 0.2) is 0 Å². The minimum Gasteiger partial charge on any atom is -0.268 e. The standard InChI is InChI=1S/C31H20N6O/c32-20-23-15-13-22(14-16-23)17-18-30-33-28-12-5-4-11-27(28)31(38)37(30)26-10-6-9-25(19-26)36-21-29(34-35-36)24-7-2-1-3-8-24/h1-19,21H/b18-17+. The minimum absolute atomic E-state index is 0.171. The predicted octanol–water partition coefficient (Wildman–Crippen LogP) is 5.68. The van der Waals surface area contributed by atoms with Crippen molar-refractivity contribution in [1.29, 1.82) is 5.26 Å². The monoisotopic (exact) mass is 492 g/mol. The molecule has 6 rings (SSSR count). The largest absolute Gasteiger partial charge is 0.268 e. The molecule has 38 heavy (non-hydrogen) atoms. The van der Waals surface area contributed by atoms with Gasteiger partial charge in [-0.2, -0.15) is 5.26 Å². The normalized spacial score (nSPS) is 11.1. The smallest absolute Gasteiger partial charge is 0.266 e. The van der Waals surface area contributed by atoms with Crippen molar-refractivity contribution < 1.29 is 0 Å². The molecule has 0 atom stereocenters. The van der Waals surface area contributed by atoms with Crippen molar-refractivity contribution in [2.45, 2.75) is 0 Å². The van der Waals surface area contributed by atoms with E-state index in [1.54, 1.807) is 27.4 Å². The summed E-state index contributed by atoms with van der Waals surface area (Å²) in [6.45, 7) is 0. The van der Waals surface area contributed by atoms with E-state index >= 15 is 0 Å². The van der Waals surface area contributed by atoms with Crippen LogP contribution < -0.4 is 5.56 Å². The molecule has 0 bridgehead atoms. The van der Waals surface area contributed by atoms with Gasteiger partial charge < -0.3 is 0 Å². The molecule has 0 spiro atoms. The maximum Gasteiger partial charge on any atom is 0.266 e. The van der Waals surface area contributed by atoms with Crippen LogP contribution in [0.1, 0.15) is 17.0 Å². The van der Waals surface area contributed by atoms with Crippen molar-refractivity contribution >= 4 is 23.1 Å². The van der Waals surface area contributed by atoms with E-state index in [2.05, 4.69) is 16.4 Å². The Balaban J connectivity index is 1.45. The van der Waals surface area contributed by atoms with Gasteiger partial charge in [-0.05, 0) is 54.1 Å². The number of fused-ring (bicyclic) bond motifs is 1. The molecule has 180 valence electrons. The Morgan fingerprint density at radius 3 is 2.37 bits per heavy atom. The topological polar surface area (TPSA) is 89.4 Å². The molecule has 0 saturated carbocycles. The summed E-state index contributed by atoms with van der Waals surface area (Å²) in [5, 5.41) is 18.2. The Bertz CT molecular complexity index is 1890. The second-order valence-corrected chi connectivity index (χ2v) is 8.63. The molecule has 0 unspecified atom stereocenters. The first kappa shape index (κ1) is 22.8. The molecule has 0 amide bonds. The molecule has 0 aliphatic heterocycles. The zero-order chi connectivity index (χ0) is 25.9. The van der Waals surface area contributed by atoms with E-state index in [1.807, 2.05) is 103 Å². The number of nitriles is 1. The molecule has 0 saturated heterocycles. The molecule has 0 N–H and O–H groups in total. The third-order valence-electron chi connectivity index (χ3n) is 6.18. The van der Waals surface area contributed by atoms with Gasteiger partial charge in [0.05, 0.1) is 40.1 Å². The van der Waals surface area contributed by atoms with Gasteiger partial charge in [0, 0.05) is 5.56 Å². The van der Waals surface area contributed by atoms with Crippen LogP contribution in [0.15, 0.2) is 114 Å². The summed E-state index contributed by atoms with van der Waals surface area (Å²) in [7, 11) is 0. The molecule has 0 aliphatic rings. The van der Waals surface area contributed by atoms with Crippen LogP contribution in [-0.4, -0.2) is 24.5 Å². The summed E-state index contributed by atoms with van der Waals surface area (Å²) >= 11 is 0. The van der Waals surface area contributed by atoms with Gasteiger partial charge in [0.1, 0.15) is 11.5 Å². The molecule has 2 aromatic heterocycles. The fourth-order valence-corrected chi connectivity index (χ4v) is 4.26. The molecule has 0 fully saturated rings. The maximum atomic E-state index is 13.7. The number of rotatable bonds is 5.